The minimum Gasteiger partial charge on any atom is -0.354 e. The molecule has 0 spiro atoms. The van der Waals surface area contributed by atoms with Crippen molar-refractivity contribution >= 4 is 23.2 Å². The predicted octanol–water partition coefficient (Wildman–Crippen LogP) is 3.26. The van der Waals surface area contributed by atoms with Gasteiger partial charge in [-0.3, -0.25) is 0 Å². The number of hydrogen-bond acceptors (Lipinski definition) is 3. The molecule has 96 valence electrons. The summed E-state index contributed by atoms with van der Waals surface area (Å²) in [5.41, 5.74) is 0.981. The molecule has 1 unspecified atom stereocenters. The van der Waals surface area contributed by atoms with E-state index in [9.17, 15) is 0 Å². The lowest BCUT2D eigenvalue weighted by Gasteiger charge is -2.26. The fourth-order valence-corrected chi connectivity index (χ4v) is 1.97. The molecule has 0 radical (unpaired) electrons. The van der Waals surface area contributed by atoms with E-state index in [0.717, 1.165) is 12.1 Å². The van der Waals surface area contributed by atoms with Gasteiger partial charge >= 0.3 is 0 Å². The Kier molecular flexibility index (Phi) is 6.23. The van der Waals surface area contributed by atoms with Crippen LogP contribution in [0.1, 0.15) is 18.5 Å². The molecule has 0 fully saturated rings. The minimum atomic E-state index is -0.368. The van der Waals surface area contributed by atoms with E-state index in [1.165, 1.54) is 0 Å². The molecule has 0 aliphatic heterocycles. The van der Waals surface area contributed by atoms with E-state index in [2.05, 4.69) is 5.32 Å². The van der Waals surface area contributed by atoms with Gasteiger partial charge < -0.3 is 14.8 Å². The highest BCUT2D eigenvalue weighted by Crippen LogP contribution is 2.27. The fourth-order valence-electron chi connectivity index (χ4n) is 1.67. The van der Waals surface area contributed by atoms with Crippen LogP contribution in [0.25, 0.3) is 0 Å². The maximum Gasteiger partial charge on any atom is 0.176 e. The molecule has 1 rings (SSSR count). The van der Waals surface area contributed by atoms with Crippen LogP contribution in [-0.2, 0) is 9.47 Å². The van der Waals surface area contributed by atoms with Crippen molar-refractivity contribution in [2.75, 3.05) is 20.8 Å². The summed E-state index contributed by atoms with van der Waals surface area (Å²) in [6, 6.07) is 5.42. The van der Waals surface area contributed by atoms with E-state index in [-0.39, 0.29) is 12.3 Å². The summed E-state index contributed by atoms with van der Waals surface area (Å²) in [6.07, 6.45) is -0.368. The molecule has 0 aromatic heterocycles. The molecule has 0 bridgehead atoms. The van der Waals surface area contributed by atoms with E-state index in [4.69, 9.17) is 32.7 Å². The van der Waals surface area contributed by atoms with Crippen molar-refractivity contribution in [2.24, 2.45) is 0 Å². The molecule has 0 saturated carbocycles. The van der Waals surface area contributed by atoms with Crippen molar-refractivity contribution < 1.29 is 9.47 Å². The second kappa shape index (κ2) is 7.19. The van der Waals surface area contributed by atoms with Crippen LogP contribution < -0.4 is 5.32 Å². The molecule has 1 atom stereocenters. The number of benzene rings is 1. The van der Waals surface area contributed by atoms with E-state index in [0.29, 0.717) is 10.0 Å². The molecule has 0 aliphatic carbocycles. The summed E-state index contributed by atoms with van der Waals surface area (Å²) in [6.45, 7) is 2.82. The van der Waals surface area contributed by atoms with Crippen molar-refractivity contribution in [3.63, 3.8) is 0 Å². The molecule has 0 aliphatic rings. The number of nitrogens with one attached hydrogen (secondary N) is 1. The third-order valence-electron chi connectivity index (χ3n) is 2.46. The number of likely N-dealkylation sites (N-methyl/N-ethyl adjacent to an activating group) is 1. The number of hydrogen-bond donors (Lipinski definition) is 1. The number of halogens is 2. The zero-order valence-corrected chi connectivity index (χ0v) is 11.7. The molecule has 1 N–H and O–H groups in total. The standard InChI is InChI=1S/C12H17Cl2NO2/c1-4-15-11(12(16-2)17-3)8-5-6-9(13)10(14)7-8/h5-7,11-12,15H,4H2,1-3H3. The Labute approximate surface area is 112 Å². The molecular formula is C12H17Cl2NO2. The summed E-state index contributed by atoms with van der Waals surface area (Å²) >= 11 is 11.9. The van der Waals surface area contributed by atoms with Crippen molar-refractivity contribution in [3.05, 3.63) is 33.8 Å². The fraction of sp³-hybridized carbons (Fsp3) is 0.500. The Morgan fingerprint density at radius 1 is 1.18 bits per heavy atom. The van der Waals surface area contributed by atoms with E-state index < -0.39 is 0 Å². The largest absolute Gasteiger partial charge is 0.354 e. The van der Waals surface area contributed by atoms with Gasteiger partial charge in [-0.2, -0.15) is 0 Å². The van der Waals surface area contributed by atoms with Gasteiger partial charge in [0.1, 0.15) is 0 Å². The first-order chi connectivity index (χ1) is 8.13. The van der Waals surface area contributed by atoms with Gasteiger partial charge in [0.25, 0.3) is 0 Å². The van der Waals surface area contributed by atoms with Crippen molar-refractivity contribution in [2.45, 2.75) is 19.3 Å². The van der Waals surface area contributed by atoms with Crippen molar-refractivity contribution in [1.29, 1.82) is 0 Å². The second-order valence-electron chi connectivity index (χ2n) is 3.55. The molecular weight excluding hydrogens is 261 g/mol. The van der Waals surface area contributed by atoms with Crippen molar-refractivity contribution in [3.8, 4) is 0 Å². The molecule has 1 aromatic carbocycles. The Bertz CT molecular complexity index is 356. The highest BCUT2D eigenvalue weighted by molar-refractivity contribution is 6.42. The lowest BCUT2D eigenvalue weighted by molar-refractivity contribution is -0.123. The summed E-state index contributed by atoms with van der Waals surface area (Å²) in [4.78, 5) is 0. The SMILES string of the molecule is CCNC(c1ccc(Cl)c(Cl)c1)C(OC)OC. The zero-order valence-electron chi connectivity index (χ0n) is 10.2. The predicted molar refractivity (Wildman–Crippen MR) is 70.7 cm³/mol. The molecule has 1 aromatic rings. The third kappa shape index (κ3) is 3.83. The van der Waals surface area contributed by atoms with Crippen molar-refractivity contribution in [1.82, 2.24) is 5.32 Å². The van der Waals surface area contributed by atoms with E-state index in [1.54, 1.807) is 20.3 Å². The minimum absolute atomic E-state index is 0.0789. The first-order valence-corrected chi connectivity index (χ1v) is 6.13. The molecule has 3 nitrogen and oxygen atoms in total. The lowest BCUT2D eigenvalue weighted by atomic mass is 10.1. The van der Waals surface area contributed by atoms with E-state index >= 15 is 0 Å². The Balaban J connectivity index is 2.99. The van der Waals surface area contributed by atoms with Crippen LogP contribution in [0, 0.1) is 0 Å². The normalized spacial score (nSPS) is 13.1. The Morgan fingerprint density at radius 2 is 1.82 bits per heavy atom. The number of ether oxygens (including phenoxy) is 2. The summed E-state index contributed by atoms with van der Waals surface area (Å²) in [5.74, 6) is 0. The van der Waals surface area contributed by atoms with Gasteiger partial charge in [-0.05, 0) is 24.2 Å². The van der Waals surface area contributed by atoms with Gasteiger partial charge in [0.05, 0.1) is 16.1 Å². The second-order valence-corrected chi connectivity index (χ2v) is 4.36. The molecule has 5 heteroatoms. The first kappa shape index (κ1) is 14.7. The van der Waals surface area contributed by atoms with Crippen LogP contribution in [0.3, 0.4) is 0 Å². The van der Waals surface area contributed by atoms with Gasteiger partial charge in [-0.15, -0.1) is 0 Å². The number of methoxy groups -OCH3 is 2. The smallest absolute Gasteiger partial charge is 0.176 e. The maximum atomic E-state index is 6.01. The number of rotatable bonds is 6. The molecule has 17 heavy (non-hydrogen) atoms. The van der Waals surface area contributed by atoms with Gasteiger partial charge in [-0.1, -0.05) is 36.2 Å². The lowest BCUT2D eigenvalue weighted by Crippen LogP contribution is -2.34. The topological polar surface area (TPSA) is 30.5 Å². The van der Waals surface area contributed by atoms with Crippen LogP contribution >= 0.6 is 23.2 Å². The van der Waals surface area contributed by atoms with Gasteiger partial charge in [-0.25, -0.2) is 0 Å². The van der Waals surface area contributed by atoms with Crippen LogP contribution in [0.5, 0.6) is 0 Å². The van der Waals surface area contributed by atoms with Crippen LogP contribution in [0.15, 0.2) is 18.2 Å². The monoisotopic (exact) mass is 277 g/mol. The molecule has 0 saturated heterocycles. The average molecular weight is 278 g/mol. The van der Waals surface area contributed by atoms with Gasteiger partial charge in [0.2, 0.25) is 0 Å². The maximum absolute atomic E-state index is 6.01. The van der Waals surface area contributed by atoms with E-state index in [1.807, 2.05) is 19.1 Å². The quantitative estimate of drug-likeness (QED) is 0.810. The summed E-state index contributed by atoms with van der Waals surface area (Å²) in [7, 11) is 3.21. The third-order valence-corrected chi connectivity index (χ3v) is 3.20. The zero-order chi connectivity index (χ0) is 12.8. The van der Waals surface area contributed by atoms with Crippen LogP contribution in [0.2, 0.25) is 10.0 Å². The Morgan fingerprint density at radius 3 is 2.29 bits per heavy atom. The Hall–Kier alpha value is -0.320. The molecule has 0 heterocycles. The first-order valence-electron chi connectivity index (χ1n) is 5.38. The summed E-state index contributed by atoms with van der Waals surface area (Å²) < 4.78 is 10.6. The average Bonchev–Trinajstić information content (AvgIpc) is 2.33. The highest BCUT2D eigenvalue weighted by Gasteiger charge is 2.22. The molecule has 0 amide bonds. The van der Waals surface area contributed by atoms with Gasteiger partial charge in [0.15, 0.2) is 6.29 Å². The summed E-state index contributed by atoms with van der Waals surface area (Å²) in [5, 5.41) is 4.36. The van der Waals surface area contributed by atoms with Crippen LogP contribution in [-0.4, -0.2) is 27.1 Å². The van der Waals surface area contributed by atoms with Gasteiger partial charge in [0, 0.05) is 14.2 Å². The highest BCUT2D eigenvalue weighted by atomic mass is 35.5. The van der Waals surface area contributed by atoms with Crippen LogP contribution in [0.4, 0.5) is 0 Å².